The van der Waals surface area contributed by atoms with Gasteiger partial charge in [-0.05, 0) is 36.1 Å². The zero-order chi connectivity index (χ0) is 13.2. The number of anilines is 1. The van der Waals surface area contributed by atoms with Gasteiger partial charge >= 0.3 is 5.97 Å². The van der Waals surface area contributed by atoms with Crippen LogP contribution in [0, 0.1) is 12.3 Å². The predicted molar refractivity (Wildman–Crippen MR) is 70.9 cm³/mol. The molecule has 1 aromatic carbocycles. The number of hydrogen-bond acceptors (Lipinski definition) is 2. The summed E-state index contributed by atoms with van der Waals surface area (Å²) in [5, 5.41) is 8.97. The Hall–Kier alpha value is -1.51. The summed E-state index contributed by atoms with van der Waals surface area (Å²) in [7, 11) is 2.03. The van der Waals surface area contributed by atoms with Crippen molar-refractivity contribution in [1.29, 1.82) is 0 Å². The second-order valence-corrected chi connectivity index (χ2v) is 5.72. The van der Waals surface area contributed by atoms with Crippen LogP contribution in [0.4, 0.5) is 5.69 Å². The van der Waals surface area contributed by atoms with Crippen molar-refractivity contribution in [3.05, 3.63) is 29.3 Å². The highest BCUT2D eigenvalue weighted by molar-refractivity contribution is 5.89. The molecular formula is C14H21NO2. The number of rotatable bonds is 3. The summed E-state index contributed by atoms with van der Waals surface area (Å²) in [5.74, 6) is -0.868. The van der Waals surface area contributed by atoms with Gasteiger partial charge in [0.05, 0.1) is 5.56 Å². The number of carboxylic acids is 1. The summed E-state index contributed by atoms with van der Waals surface area (Å²) < 4.78 is 0. The van der Waals surface area contributed by atoms with Gasteiger partial charge in [0, 0.05) is 19.3 Å². The highest BCUT2D eigenvalue weighted by atomic mass is 16.4. The third-order valence-corrected chi connectivity index (χ3v) is 2.59. The Labute approximate surface area is 103 Å². The van der Waals surface area contributed by atoms with E-state index in [1.54, 1.807) is 6.07 Å². The van der Waals surface area contributed by atoms with Crippen LogP contribution in [0.1, 0.15) is 36.7 Å². The molecule has 0 saturated heterocycles. The van der Waals surface area contributed by atoms with Crippen LogP contribution in [-0.4, -0.2) is 24.7 Å². The largest absolute Gasteiger partial charge is 0.478 e. The molecule has 0 amide bonds. The molecule has 0 bridgehead atoms. The summed E-state index contributed by atoms with van der Waals surface area (Å²) in [5.41, 5.74) is 2.45. The van der Waals surface area contributed by atoms with E-state index < -0.39 is 5.97 Å². The third kappa shape index (κ3) is 3.77. The van der Waals surface area contributed by atoms with E-state index in [1.807, 2.05) is 26.1 Å². The van der Waals surface area contributed by atoms with Crippen molar-refractivity contribution in [3.8, 4) is 0 Å². The molecule has 0 aliphatic carbocycles. The lowest BCUT2D eigenvalue weighted by Gasteiger charge is -2.28. The van der Waals surface area contributed by atoms with Gasteiger partial charge in [-0.15, -0.1) is 0 Å². The molecule has 0 fully saturated rings. The first kappa shape index (κ1) is 13.6. The Morgan fingerprint density at radius 1 is 1.35 bits per heavy atom. The molecule has 0 heterocycles. The van der Waals surface area contributed by atoms with Crippen LogP contribution in [0.15, 0.2) is 18.2 Å². The maximum atomic E-state index is 10.9. The molecular weight excluding hydrogens is 214 g/mol. The minimum Gasteiger partial charge on any atom is -0.478 e. The average molecular weight is 235 g/mol. The van der Waals surface area contributed by atoms with Crippen molar-refractivity contribution < 1.29 is 9.90 Å². The number of benzene rings is 1. The lowest BCUT2D eigenvalue weighted by molar-refractivity contribution is 0.0696. The lowest BCUT2D eigenvalue weighted by atomic mass is 9.96. The van der Waals surface area contributed by atoms with Gasteiger partial charge in [-0.2, -0.15) is 0 Å². The van der Waals surface area contributed by atoms with Crippen LogP contribution in [0.3, 0.4) is 0 Å². The summed E-state index contributed by atoms with van der Waals surface area (Å²) in [6.45, 7) is 9.31. The monoisotopic (exact) mass is 235 g/mol. The second kappa shape index (κ2) is 4.78. The number of aromatic carboxylic acids is 1. The first-order chi connectivity index (χ1) is 7.70. The molecule has 3 nitrogen and oxygen atoms in total. The second-order valence-electron chi connectivity index (χ2n) is 5.72. The van der Waals surface area contributed by atoms with E-state index in [0.717, 1.165) is 17.8 Å². The first-order valence-electron chi connectivity index (χ1n) is 5.76. The molecule has 0 unspecified atom stereocenters. The Morgan fingerprint density at radius 3 is 2.35 bits per heavy atom. The van der Waals surface area contributed by atoms with Gasteiger partial charge in [-0.3, -0.25) is 0 Å². The molecule has 0 aliphatic rings. The standard InChI is InChI=1S/C14H21NO2/c1-10-8-11(6-7-12(10)13(16)17)15(5)9-14(2,3)4/h6-8H,9H2,1-5H3,(H,16,17). The molecule has 0 aromatic heterocycles. The van der Waals surface area contributed by atoms with Crippen molar-refractivity contribution >= 4 is 11.7 Å². The average Bonchev–Trinajstić information content (AvgIpc) is 2.14. The molecule has 3 heteroatoms. The Morgan fingerprint density at radius 2 is 1.94 bits per heavy atom. The number of carboxylic acid groups (broad SMARTS) is 1. The van der Waals surface area contributed by atoms with Crippen molar-refractivity contribution in [1.82, 2.24) is 0 Å². The quantitative estimate of drug-likeness (QED) is 0.874. The van der Waals surface area contributed by atoms with Crippen molar-refractivity contribution in [2.24, 2.45) is 5.41 Å². The van der Waals surface area contributed by atoms with E-state index in [-0.39, 0.29) is 5.41 Å². The fourth-order valence-corrected chi connectivity index (χ4v) is 1.93. The van der Waals surface area contributed by atoms with E-state index in [1.165, 1.54) is 0 Å². The number of carbonyl (C=O) groups is 1. The van der Waals surface area contributed by atoms with Crippen LogP contribution in [0.2, 0.25) is 0 Å². The van der Waals surface area contributed by atoms with Crippen molar-refractivity contribution in [2.45, 2.75) is 27.7 Å². The molecule has 17 heavy (non-hydrogen) atoms. The highest BCUT2D eigenvalue weighted by Gasteiger charge is 2.15. The summed E-state index contributed by atoms with van der Waals surface area (Å²) in [6, 6.07) is 5.46. The van der Waals surface area contributed by atoms with E-state index in [9.17, 15) is 4.79 Å². The highest BCUT2D eigenvalue weighted by Crippen LogP contribution is 2.22. The fourth-order valence-electron chi connectivity index (χ4n) is 1.93. The fraction of sp³-hybridized carbons (Fsp3) is 0.500. The summed E-state index contributed by atoms with van der Waals surface area (Å²) in [4.78, 5) is 13.1. The first-order valence-corrected chi connectivity index (χ1v) is 5.76. The molecule has 0 saturated carbocycles. The van der Waals surface area contributed by atoms with E-state index in [4.69, 9.17) is 5.11 Å². The van der Waals surface area contributed by atoms with E-state index >= 15 is 0 Å². The smallest absolute Gasteiger partial charge is 0.335 e. The molecule has 0 radical (unpaired) electrons. The van der Waals surface area contributed by atoms with Crippen molar-refractivity contribution in [3.63, 3.8) is 0 Å². The number of nitrogens with zero attached hydrogens (tertiary/aromatic N) is 1. The van der Waals surface area contributed by atoms with E-state index in [2.05, 4.69) is 25.7 Å². The Bertz CT molecular complexity index is 419. The maximum Gasteiger partial charge on any atom is 0.335 e. The molecule has 0 aliphatic heterocycles. The van der Waals surface area contributed by atoms with Crippen molar-refractivity contribution in [2.75, 3.05) is 18.5 Å². The van der Waals surface area contributed by atoms with Crippen LogP contribution < -0.4 is 4.90 Å². The minimum absolute atomic E-state index is 0.216. The van der Waals surface area contributed by atoms with Gasteiger partial charge < -0.3 is 10.0 Å². The van der Waals surface area contributed by atoms with Gasteiger partial charge in [-0.1, -0.05) is 20.8 Å². The van der Waals surface area contributed by atoms with Crippen LogP contribution in [-0.2, 0) is 0 Å². The van der Waals surface area contributed by atoms with Crippen LogP contribution in [0.5, 0.6) is 0 Å². The van der Waals surface area contributed by atoms with Gasteiger partial charge in [0.15, 0.2) is 0 Å². The Kier molecular flexibility index (Phi) is 3.81. The number of hydrogen-bond donors (Lipinski definition) is 1. The molecule has 0 atom stereocenters. The third-order valence-electron chi connectivity index (χ3n) is 2.59. The number of aryl methyl sites for hydroxylation is 1. The normalized spacial score (nSPS) is 11.4. The molecule has 1 N–H and O–H groups in total. The predicted octanol–water partition coefficient (Wildman–Crippen LogP) is 3.18. The molecule has 0 spiro atoms. The topological polar surface area (TPSA) is 40.5 Å². The summed E-state index contributed by atoms with van der Waals surface area (Å²) in [6.07, 6.45) is 0. The summed E-state index contributed by atoms with van der Waals surface area (Å²) >= 11 is 0. The zero-order valence-corrected chi connectivity index (χ0v) is 11.2. The molecule has 1 aromatic rings. The Balaban J connectivity index is 2.94. The van der Waals surface area contributed by atoms with Gasteiger partial charge in [0.25, 0.3) is 0 Å². The SMILES string of the molecule is Cc1cc(N(C)CC(C)(C)C)ccc1C(=O)O. The zero-order valence-electron chi connectivity index (χ0n) is 11.2. The van der Waals surface area contributed by atoms with Gasteiger partial charge in [0.2, 0.25) is 0 Å². The van der Waals surface area contributed by atoms with Gasteiger partial charge in [-0.25, -0.2) is 4.79 Å². The van der Waals surface area contributed by atoms with Gasteiger partial charge in [0.1, 0.15) is 0 Å². The van der Waals surface area contributed by atoms with E-state index in [0.29, 0.717) is 5.56 Å². The molecule has 94 valence electrons. The maximum absolute atomic E-state index is 10.9. The minimum atomic E-state index is -0.868. The van der Waals surface area contributed by atoms with Crippen LogP contribution in [0.25, 0.3) is 0 Å². The van der Waals surface area contributed by atoms with Crippen LogP contribution >= 0.6 is 0 Å². The lowest BCUT2D eigenvalue weighted by Crippen LogP contribution is -2.29. The molecule has 1 rings (SSSR count).